The van der Waals surface area contributed by atoms with Crippen LogP contribution in [-0.2, 0) is 9.53 Å². The van der Waals surface area contributed by atoms with E-state index in [0.29, 0.717) is 19.4 Å². The van der Waals surface area contributed by atoms with Gasteiger partial charge in [-0.1, -0.05) is 0 Å². The van der Waals surface area contributed by atoms with Crippen LogP contribution in [0.3, 0.4) is 0 Å². The summed E-state index contributed by atoms with van der Waals surface area (Å²) in [6.07, 6.45) is -2.32. The summed E-state index contributed by atoms with van der Waals surface area (Å²) in [6.45, 7) is 2.34. The number of halogens is 2. The number of amides is 2. The molecule has 0 spiro atoms. The lowest BCUT2D eigenvalue weighted by atomic mass is 10.1. The third kappa shape index (κ3) is 4.16. The largest absolute Gasteiger partial charge is 0.450 e. The van der Waals surface area contributed by atoms with Crippen LogP contribution in [0.2, 0.25) is 0 Å². The van der Waals surface area contributed by atoms with E-state index >= 15 is 0 Å². The van der Waals surface area contributed by atoms with Gasteiger partial charge in [-0.15, -0.1) is 0 Å². The number of likely N-dealkylation sites (tertiary alicyclic amines) is 1. The molecule has 0 aromatic heterocycles. The fraction of sp³-hybridized carbons (Fsp3) is 0.800. The van der Waals surface area contributed by atoms with Gasteiger partial charge in [-0.05, 0) is 19.8 Å². The molecule has 1 fully saturated rings. The van der Waals surface area contributed by atoms with Crippen molar-refractivity contribution in [3.8, 4) is 0 Å². The molecule has 1 rings (SSSR count). The van der Waals surface area contributed by atoms with E-state index in [1.54, 1.807) is 6.92 Å². The van der Waals surface area contributed by atoms with Crippen molar-refractivity contribution in [1.29, 1.82) is 0 Å². The van der Waals surface area contributed by atoms with Crippen molar-refractivity contribution >= 4 is 12.0 Å². The average molecular weight is 250 g/mol. The van der Waals surface area contributed by atoms with Gasteiger partial charge in [-0.25, -0.2) is 4.79 Å². The number of piperidine rings is 1. The van der Waals surface area contributed by atoms with E-state index < -0.39 is 18.4 Å². The Hall–Kier alpha value is -1.40. The van der Waals surface area contributed by atoms with Gasteiger partial charge in [0.2, 0.25) is 0 Å². The first kappa shape index (κ1) is 13.7. The SMILES string of the molecule is CCOC(=O)NC1CCCN(C(=O)C(F)F)C1. The van der Waals surface area contributed by atoms with Gasteiger partial charge in [0.05, 0.1) is 6.61 Å². The first-order valence-corrected chi connectivity index (χ1v) is 5.54. The van der Waals surface area contributed by atoms with Crippen molar-refractivity contribution in [3.63, 3.8) is 0 Å². The smallest absolute Gasteiger partial charge is 0.407 e. The van der Waals surface area contributed by atoms with Crippen LogP contribution in [0.25, 0.3) is 0 Å². The number of rotatable bonds is 3. The van der Waals surface area contributed by atoms with Crippen molar-refractivity contribution in [1.82, 2.24) is 10.2 Å². The highest BCUT2D eigenvalue weighted by atomic mass is 19.3. The molecule has 98 valence electrons. The maximum Gasteiger partial charge on any atom is 0.407 e. The molecular formula is C10H16F2N2O3. The Labute approximate surface area is 98.1 Å². The minimum absolute atomic E-state index is 0.113. The summed E-state index contributed by atoms with van der Waals surface area (Å²) in [6, 6.07) is -0.314. The number of nitrogens with one attached hydrogen (secondary N) is 1. The summed E-state index contributed by atoms with van der Waals surface area (Å²) in [5, 5.41) is 2.54. The van der Waals surface area contributed by atoms with E-state index in [1.807, 2.05) is 0 Å². The minimum Gasteiger partial charge on any atom is -0.450 e. The number of carbonyl (C=O) groups is 2. The third-order valence-corrected chi connectivity index (χ3v) is 2.52. The molecule has 0 aromatic rings. The molecule has 7 heteroatoms. The van der Waals surface area contributed by atoms with Crippen LogP contribution in [-0.4, -0.2) is 49.1 Å². The maximum absolute atomic E-state index is 12.2. The van der Waals surface area contributed by atoms with Gasteiger partial charge >= 0.3 is 12.5 Å². The molecule has 1 saturated heterocycles. The first-order valence-electron chi connectivity index (χ1n) is 5.54. The molecule has 1 N–H and O–H groups in total. The molecular weight excluding hydrogens is 234 g/mol. The quantitative estimate of drug-likeness (QED) is 0.812. The summed E-state index contributed by atoms with van der Waals surface area (Å²) in [4.78, 5) is 23.3. The lowest BCUT2D eigenvalue weighted by Gasteiger charge is -2.32. The molecule has 0 bridgehead atoms. The second-order valence-electron chi connectivity index (χ2n) is 3.79. The molecule has 1 heterocycles. The Balaban J connectivity index is 2.43. The van der Waals surface area contributed by atoms with E-state index in [-0.39, 0.29) is 19.2 Å². The Kier molecular flexibility index (Phi) is 5.11. The molecule has 2 amide bonds. The van der Waals surface area contributed by atoms with Crippen LogP contribution in [0.5, 0.6) is 0 Å². The molecule has 0 saturated carbocycles. The van der Waals surface area contributed by atoms with Gasteiger partial charge in [-0.2, -0.15) is 8.78 Å². The summed E-state index contributed by atoms with van der Waals surface area (Å²) in [5.74, 6) is -1.18. The molecule has 0 aliphatic carbocycles. The van der Waals surface area contributed by atoms with Crippen molar-refractivity contribution in [2.24, 2.45) is 0 Å². The zero-order valence-electron chi connectivity index (χ0n) is 9.62. The average Bonchev–Trinajstić information content (AvgIpc) is 2.28. The Morgan fingerprint density at radius 3 is 2.82 bits per heavy atom. The number of carbonyl (C=O) groups excluding carboxylic acids is 2. The fourth-order valence-corrected chi connectivity index (χ4v) is 1.77. The van der Waals surface area contributed by atoms with Gasteiger partial charge in [-0.3, -0.25) is 4.79 Å². The van der Waals surface area contributed by atoms with Crippen molar-refractivity contribution in [2.75, 3.05) is 19.7 Å². The molecule has 17 heavy (non-hydrogen) atoms. The summed E-state index contributed by atoms with van der Waals surface area (Å²) in [7, 11) is 0. The Morgan fingerprint density at radius 1 is 1.53 bits per heavy atom. The van der Waals surface area contributed by atoms with Crippen LogP contribution in [0.4, 0.5) is 13.6 Å². The number of alkyl carbamates (subject to hydrolysis) is 1. The number of nitrogens with zero attached hydrogens (tertiary/aromatic N) is 1. The van der Waals surface area contributed by atoms with Gasteiger partial charge in [0.15, 0.2) is 0 Å². The highest BCUT2D eigenvalue weighted by Gasteiger charge is 2.29. The van der Waals surface area contributed by atoms with E-state index in [0.717, 1.165) is 4.90 Å². The molecule has 0 aromatic carbocycles. The van der Waals surface area contributed by atoms with Gasteiger partial charge in [0, 0.05) is 19.1 Å². The Bertz CT molecular complexity index is 287. The molecule has 5 nitrogen and oxygen atoms in total. The molecule has 1 aliphatic rings. The predicted molar refractivity (Wildman–Crippen MR) is 55.8 cm³/mol. The summed E-state index contributed by atoms with van der Waals surface area (Å²) in [5.41, 5.74) is 0. The van der Waals surface area contributed by atoms with Crippen LogP contribution in [0.15, 0.2) is 0 Å². The number of hydrogen-bond acceptors (Lipinski definition) is 3. The first-order chi connectivity index (χ1) is 8.04. The highest BCUT2D eigenvalue weighted by molar-refractivity contribution is 5.79. The Morgan fingerprint density at radius 2 is 2.24 bits per heavy atom. The van der Waals surface area contributed by atoms with Crippen LogP contribution < -0.4 is 5.32 Å². The zero-order valence-corrected chi connectivity index (χ0v) is 9.62. The molecule has 0 radical (unpaired) electrons. The summed E-state index contributed by atoms with van der Waals surface area (Å²) >= 11 is 0. The lowest BCUT2D eigenvalue weighted by molar-refractivity contribution is -0.144. The van der Waals surface area contributed by atoms with Gasteiger partial charge in [0.25, 0.3) is 5.91 Å². The number of alkyl halides is 2. The van der Waals surface area contributed by atoms with Crippen LogP contribution >= 0.6 is 0 Å². The number of ether oxygens (including phenoxy) is 1. The fourth-order valence-electron chi connectivity index (χ4n) is 1.77. The normalized spacial score (nSPS) is 20.2. The standard InChI is InChI=1S/C10H16F2N2O3/c1-2-17-10(16)13-7-4-3-5-14(6-7)9(15)8(11)12/h7-8H,2-6H2,1H3,(H,13,16). The molecule has 1 unspecified atom stereocenters. The predicted octanol–water partition coefficient (Wildman–Crippen LogP) is 0.989. The monoisotopic (exact) mass is 250 g/mol. The topological polar surface area (TPSA) is 58.6 Å². The zero-order chi connectivity index (χ0) is 12.8. The summed E-state index contributed by atoms with van der Waals surface area (Å²) < 4.78 is 29.1. The van der Waals surface area contributed by atoms with E-state index in [4.69, 9.17) is 0 Å². The molecule has 1 atom stereocenters. The highest BCUT2D eigenvalue weighted by Crippen LogP contribution is 2.12. The maximum atomic E-state index is 12.2. The second kappa shape index (κ2) is 6.36. The van der Waals surface area contributed by atoms with Gasteiger partial charge < -0.3 is 15.0 Å². The molecule has 1 aliphatic heterocycles. The van der Waals surface area contributed by atoms with E-state index in [9.17, 15) is 18.4 Å². The van der Waals surface area contributed by atoms with E-state index in [1.165, 1.54) is 0 Å². The minimum atomic E-state index is -2.99. The van der Waals surface area contributed by atoms with E-state index in [2.05, 4.69) is 10.1 Å². The van der Waals surface area contributed by atoms with Gasteiger partial charge in [0.1, 0.15) is 0 Å². The third-order valence-electron chi connectivity index (χ3n) is 2.52. The number of hydrogen-bond donors (Lipinski definition) is 1. The van der Waals surface area contributed by atoms with Crippen molar-refractivity contribution in [3.05, 3.63) is 0 Å². The van der Waals surface area contributed by atoms with Crippen molar-refractivity contribution < 1.29 is 23.1 Å². The van der Waals surface area contributed by atoms with Crippen LogP contribution in [0, 0.1) is 0 Å². The van der Waals surface area contributed by atoms with Crippen LogP contribution in [0.1, 0.15) is 19.8 Å². The second-order valence-corrected chi connectivity index (χ2v) is 3.79. The van der Waals surface area contributed by atoms with Crippen molar-refractivity contribution in [2.45, 2.75) is 32.2 Å². The lowest BCUT2D eigenvalue weighted by Crippen LogP contribution is -2.51.